The van der Waals surface area contributed by atoms with Crippen LogP contribution in [0.4, 0.5) is 0 Å². The van der Waals surface area contributed by atoms with Crippen LogP contribution in [0.25, 0.3) is 0 Å². The fraction of sp³-hybridized carbons (Fsp3) is 0.316. The number of nitrogens with one attached hydrogen (secondary N) is 1. The van der Waals surface area contributed by atoms with E-state index >= 15 is 0 Å². The average molecular weight is 361 g/mol. The normalized spacial score (nSPS) is 11.5. The molecule has 1 N–H and O–H groups in total. The quantitative estimate of drug-likeness (QED) is 0.729. The lowest BCUT2D eigenvalue weighted by Crippen LogP contribution is -2.30. The fourth-order valence-corrected chi connectivity index (χ4v) is 3.30. The summed E-state index contributed by atoms with van der Waals surface area (Å²) >= 11 is 1.52. The zero-order chi connectivity index (χ0) is 18.2. The molecule has 0 radical (unpaired) electrons. The van der Waals surface area contributed by atoms with Gasteiger partial charge in [0, 0.05) is 17.0 Å². The highest BCUT2D eigenvalue weighted by molar-refractivity contribution is 8.00. The molecule has 0 fully saturated rings. The van der Waals surface area contributed by atoms with Gasteiger partial charge in [0.25, 0.3) is 0 Å². The molecule has 0 aliphatic heterocycles. The lowest BCUT2D eigenvalue weighted by molar-refractivity contribution is -0.120. The van der Waals surface area contributed by atoms with E-state index in [0.29, 0.717) is 23.8 Å². The van der Waals surface area contributed by atoms with Crippen LogP contribution in [-0.4, -0.2) is 32.5 Å². The summed E-state index contributed by atoms with van der Waals surface area (Å²) in [6.45, 7) is 2.24. The molecule has 0 saturated carbocycles. The number of ether oxygens (including phenoxy) is 3. The molecular formula is C19H23NO4S. The number of rotatable bonds is 8. The number of methoxy groups -OCH3 is 3. The molecule has 5 nitrogen and oxygen atoms in total. The van der Waals surface area contributed by atoms with Crippen molar-refractivity contribution in [3.63, 3.8) is 0 Å². The number of amides is 1. The molecule has 0 aliphatic carbocycles. The highest BCUT2D eigenvalue weighted by atomic mass is 32.2. The molecule has 0 aromatic heterocycles. The van der Waals surface area contributed by atoms with E-state index in [0.717, 1.165) is 10.5 Å². The molecule has 0 aliphatic rings. The summed E-state index contributed by atoms with van der Waals surface area (Å²) < 4.78 is 16.1. The topological polar surface area (TPSA) is 56.8 Å². The number of hydrogen-bond acceptors (Lipinski definition) is 5. The van der Waals surface area contributed by atoms with Crippen LogP contribution < -0.4 is 19.5 Å². The van der Waals surface area contributed by atoms with Crippen molar-refractivity contribution in [2.45, 2.75) is 23.6 Å². The number of carbonyl (C=O) groups is 1. The van der Waals surface area contributed by atoms with Crippen LogP contribution in [0, 0.1) is 0 Å². The van der Waals surface area contributed by atoms with E-state index in [2.05, 4.69) is 5.32 Å². The first-order valence-corrected chi connectivity index (χ1v) is 8.76. The van der Waals surface area contributed by atoms with Gasteiger partial charge in [-0.1, -0.05) is 18.2 Å². The molecular weight excluding hydrogens is 338 g/mol. The Morgan fingerprint density at radius 1 is 1.00 bits per heavy atom. The number of thioether (sulfide) groups is 1. The Hall–Kier alpha value is -2.34. The van der Waals surface area contributed by atoms with Crippen LogP contribution in [0.3, 0.4) is 0 Å². The number of benzene rings is 2. The zero-order valence-corrected chi connectivity index (χ0v) is 15.7. The molecule has 0 saturated heterocycles. The molecule has 2 rings (SSSR count). The summed E-state index contributed by atoms with van der Waals surface area (Å²) in [7, 11) is 4.69. The van der Waals surface area contributed by atoms with Gasteiger partial charge in [0.2, 0.25) is 11.7 Å². The molecule has 0 heterocycles. The summed E-state index contributed by atoms with van der Waals surface area (Å²) in [5.74, 6) is 1.63. The molecule has 134 valence electrons. The lowest BCUT2D eigenvalue weighted by atomic mass is 10.1. The maximum atomic E-state index is 12.4. The van der Waals surface area contributed by atoms with Gasteiger partial charge in [-0.15, -0.1) is 11.8 Å². The first-order valence-electron chi connectivity index (χ1n) is 7.88. The molecule has 2 aromatic rings. The van der Waals surface area contributed by atoms with Gasteiger partial charge in [-0.25, -0.2) is 0 Å². The molecule has 2 aromatic carbocycles. The average Bonchev–Trinajstić information content (AvgIpc) is 2.65. The van der Waals surface area contributed by atoms with Crippen molar-refractivity contribution in [3.05, 3.63) is 48.0 Å². The summed E-state index contributed by atoms with van der Waals surface area (Å²) in [5.41, 5.74) is 0.824. The summed E-state index contributed by atoms with van der Waals surface area (Å²) in [6.07, 6.45) is 0. The van der Waals surface area contributed by atoms with Gasteiger partial charge in [0.15, 0.2) is 11.5 Å². The third-order valence-corrected chi connectivity index (χ3v) is 4.78. The van der Waals surface area contributed by atoms with E-state index in [-0.39, 0.29) is 11.2 Å². The molecule has 0 unspecified atom stereocenters. The predicted molar refractivity (Wildman–Crippen MR) is 99.7 cm³/mol. The molecule has 25 heavy (non-hydrogen) atoms. The minimum atomic E-state index is -0.200. The van der Waals surface area contributed by atoms with Gasteiger partial charge >= 0.3 is 0 Å². The van der Waals surface area contributed by atoms with E-state index in [1.165, 1.54) is 11.8 Å². The molecule has 6 heteroatoms. The van der Waals surface area contributed by atoms with Crippen molar-refractivity contribution in [2.24, 2.45) is 0 Å². The van der Waals surface area contributed by atoms with Crippen LogP contribution >= 0.6 is 11.8 Å². The second-order valence-electron chi connectivity index (χ2n) is 5.28. The third-order valence-electron chi connectivity index (χ3n) is 3.66. The van der Waals surface area contributed by atoms with Gasteiger partial charge in [-0.3, -0.25) is 4.79 Å². The zero-order valence-electron chi connectivity index (χ0n) is 14.9. The van der Waals surface area contributed by atoms with E-state index in [1.807, 2.05) is 43.3 Å². The Kier molecular flexibility index (Phi) is 7.01. The third kappa shape index (κ3) is 4.82. The number of hydrogen-bond donors (Lipinski definition) is 1. The first-order chi connectivity index (χ1) is 12.1. The Labute approximate surface area is 152 Å². The second kappa shape index (κ2) is 9.22. The standard InChI is InChI=1S/C19H23NO4S/c1-13(25-15-8-6-5-7-9-15)19(21)20-12-14-10-11-16(22-2)18(24-4)17(14)23-3/h5-11,13H,12H2,1-4H3,(H,20,21)/t13-/m1/s1. The van der Waals surface area contributed by atoms with Crippen molar-refractivity contribution in [2.75, 3.05) is 21.3 Å². The highest BCUT2D eigenvalue weighted by Gasteiger charge is 2.18. The molecule has 1 amide bonds. The minimum absolute atomic E-state index is 0.0364. The summed E-state index contributed by atoms with van der Waals surface area (Å²) in [5, 5.41) is 2.75. The van der Waals surface area contributed by atoms with Crippen LogP contribution in [-0.2, 0) is 11.3 Å². The Morgan fingerprint density at radius 3 is 2.28 bits per heavy atom. The number of carbonyl (C=O) groups excluding carboxylic acids is 1. The van der Waals surface area contributed by atoms with E-state index < -0.39 is 0 Å². The molecule has 0 bridgehead atoms. The van der Waals surface area contributed by atoms with Gasteiger partial charge in [0.05, 0.1) is 26.6 Å². The fourth-order valence-electron chi connectivity index (χ4n) is 2.39. The van der Waals surface area contributed by atoms with Crippen molar-refractivity contribution in [1.82, 2.24) is 5.32 Å². The summed E-state index contributed by atoms with van der Waals surface area (Å²) in [6, 6.07) is 13.5. The minimum Gasteiger partial charge on any atom is -0.493 e. The van der Waals surface area contributed by atoms with Crippen LogP contribution in [0.1, 0.15) is 12.5 Å². The lowest BCUT2D eigenvalue weighted by Gasteiger charge is -2.17. The Morgan fingerprint density at radius 2 is 1.68 bits per heavy atom. The monoisotopic (exact) mass is 361 g/mol. The van der Waals surface area contributed by atoms with Crippen molar-refractivity contribution >= 4 is 17.7 Å². The maximum Gasteiger partial charge on any atom is 0.233 e. The highest BCUT2D eigenvalue weighted by Crippen LogP contribution is 2.39. The van der Waals surface area contributed by atoms with E-state index in [4.69, 9.17) is 14.2 Å². The Bertz CT molecular complexity index is 706. The SMILES string of the molecule is COc1ccc(CNC(=O)[C@@H](C)Sc2ccccc2)c(OC)c1OC. The van der Waals surface area contributed by atoms with Gasteiger partial charge in [0.1, 0.15) is 0 Å². The molecule has 1 atom stereocenters. The van der Waals surface area contributed by atoms with Crippen LogP contribution in [0.2, 0.25) is 0 Å². The smallest absolute Gasteiger partial charge is 0.233 e. The van der Waals surface area contributed by atoms with Crippen LogP contribution in [0.5, 0.6) is 17.2 Å². The Balaban J connectivity index is 2.04. The van der Waals surface area contributed by atoms with Crippen molar-refractivity contribution in [1.29, 1.82) is 0 Å². The molecule has 0 spiro atoms. The van der Waals surface area contributed by atoms with E-state index in [1.54, 1.807) is 27.4 Å². The first kappa shape index (κ1) is 19.0. The maximum absolute atomic E-state index is 12.4. The van der Waals surface area contributed by atoms with Gasteiger partial charge in [-0.2, -0.15) is 0 Å². The van der Waals surface area contributed by atoms with Gasteiger partial charge in [-0.05, 0) is 31.2 Å². The largest absolute Gasteiger partial charge is 0.493 e. The predicted octanol–water partition coefficient (Wildman–Crippen LogP) is 3.51. The van der Waals surface area contributed by atoms with Crippen molar-refractivity contribution in [3.8, 4) is 17.2 Å². The van der Waals surface area contributed by atoms with E-state index in [9.17, 15) is 4.79 Å². The van der Waals surface area contributed by atoms with Gasteiger partial charge < -0.3 is 19.5 Å². The second-order valence-corrected chi connectivity index (χ2v) is 6.70. The van der Waals surface area contributed by atoms with Crippen LogP contribution in [0.15, 0.2) is 47.4 Å². The van der Waals surface area contributed by atoms with Crippen molar-refractivity contribution < 1.29 is 19.0 Å². The summed E-state index contributed by atoms with van der Waals surface area (Å²) in [4.78, 5) is 13.4.